The number of carbonyl (C=O) groups excluding carboxylic acids is 1. The van der Waals surface area contributed by atoms with Gasteiger partial charge in [-0.2, -0.15) is 5.10 Å². The summed E-state index contributed by atoms with van der Waals surface area (Å²) in [6.07, 6.45) is 4.66. The highest BCUT2D eigenvalue weighted by molar-refractivity contribution is 5.94. The summed E-state index contributed by atoms with van der Waals surface area (Å²) >= 11 is 0. The van der Waals surface area contributed by atoms with Crippen molar-refractivity contribution in [3.63, 3.8) is 0 Å². The molecule has 6 nitrogen and oxygen atoms in total. The third-order valence-corrected chi connectivity index (χ3v) is 3.99. The number of methoxy groups -OCH3 is 1. The molecular weight excluding hydrogens is 328 g/mol. The van der Waals surface area contributed by atoms with E-state index < -0.39 is 0 Å². The van der Waals surface area contributed by atoms with E-state index in [9.17, 15) is 4.79 Å². The van der Waals surface area contributed by atoms with Gasteiger partial charge in [-0.25, -0.2) is 4.98 Å². The maximum atomic E-state index is 12.2. The van der Waals surface area contributed by atoms with Crippen LogP contribution in [-0.2, 0) is 6.54 Å². The van der Waals surface area contributed by atoms with Gasteiger partial charge < -0.3 is 10.1 Å². The molecule has 26 heavy (non-hydrogen) atoms. The molecule has 1 amide bonds. The van der Waals surface area contributed by atoms with Gasteiger partial charge in [-0.05, 0) is 37.1 Å². The van der Waals surface area contributed by atoms with Crippen molar-refractivity contribution in [1.82, 2.24) is 20.1 Å². The SMILES string of the molecule is COc1cccc(-c2ccc(C(=O)NCCCn3cc(C)cn3)cc2)n1. The van der Waals surface area contributed by atoms with Crippen LogP contribution in [0, 0.1) is 6.92 Å². The largest absolute Gasteiger partial charge is 0.481 e. The van der Waals surface area contributed by atoms with E-state index in [-0.39, 0.29) is 5.91 Å². The number of amides is 1. The fourth-order valence-corrected chi connectivity index (χ4v) is 2.62. The molecule has 2 aromatic heterocycles. The number of hydrogen-bond donors (Lipinski definition) is 1. The molecule has 0 aliphatic heterocycles. The van der Waals surface area contributed by atoms with Crippen molar-refractivity contribution in [2.24, 2.45) is 0 Å². The molecule has 134 valence electrons. The molecule has 0 radical (unpaired) electrons. The third kappa shape index (κ3) is 4.47. The van der Waals surface area contributed by atoms with Gasteiger partial charge in [0, 0.05) is 36.5 Å². The van der Waals surface area contributed by atoms with Crippen molar-refractivity contribution in [3.8, 4) is 17.1 Å². The monoisotopic (exact) mass is 350 g/mol. The van der Waals surface area contributed by atoms with Gasteiger partial charge in [0.2, 0.25) is 5.88 Å². The van der Waals surface area contributed by atoms with Crippen molar-refractivity contribution >= 4 is 5.91 Å². The van der Waals surface area contributed by atoms with E-state index in [1.807, 2.05) is 60.4 Å². The molecule has 3 rings (SSSR count). The zero-order valence-electron chi connectivity index (χ0n) is 15.0. The van der Waals surface area contributed by atoms with Crippen LogP contribution in [0.4, 0.5) is 0 Å². The Hall–Kier alpha value is -3.15. The Kier molecular flexibility index (Phi) is 5.63. The van der Waals surface area contributed by atoms with E-state index in [2.05, 4.69) is 15.4 Å². The van der Waals surface area contributed by atoms with Crippen LogP contribution in [0.25, 0.3) is 11.3 Å². The lowest BCUT2D eigenvalue weighted by Gasteiger charge is -2.07. The van der Waals surface area contributed by atoms with Crippen LogP contribution in [0.2, 0.25) is 0 Å². The van der Waals surface area contributed by atoms with Gasteiger partial charge >= 0.3 is 0 Å². The first kappa shape index (κ1) is 17.7. The predicted octanol–water partition coefficient (Wildman–Crippen LogP) is 3.08. The lowest BCUT2D eigenvalue weighted by Crippen LogP contribution is -2.25. The van der Waals surface area contributed by atoms with Crippen molar-refractivity contribution in [2.75, 3.05) is 13.7 Å². The molecule has 2 heterocycles. The van der Waals surface area contributed by atoms with Crippen molar-refractivity contribution in [2.45, 2.75) is 19.9 Å². The normalized spacial score (nSPS) is 10.5. The summed E-state index contributed by atoms with van der Waals surface area (Å²) in [5, 5.41) is 7.17. The third-order valence-electron chi connectivity index (χ3n) is 3.99. The number of aromatic nitrogens is 3. The van der Waals surface area contributed by atoms with Gasteiger partial charge in [0.05, 0.1) is 19.0 Å². The lowest BCUT2D eigenvalue weighted by molar-refractivity contribution is 0.0952. The molecule has 0 bridgehead atoms. The Morgan fingerprint density at radius 3 is 2.69 bits per heavy atom. The predicted molar refractivity (Wildman–Crippen MR) is 100 cm³/mol. The molecule has 0 saturated carbocycles. The molecule has 1 N–H and O–H groups in total. The van der Waals surface area contributed by atoms with E-state index in [0.717, 1.165) is 29.8 Å². The Morgan fingerprint density at radius 2 is 2.00 bits per heavy atom. The topological polar surface area (TPSA) is 69.0 Å². The van der Waals surface area contributed by atoms with E-state index in [1.165, 1.54) is 0 Å². The molecule has 0 saturated heterocycles. The Bertz CT molecular complexity index is 872. The molecule has 3 aromatic rings. The average Bonchev–Trinajstić information content (AvgIpc) is 3.10. The molecule has 6 heteroatoms. The van der Waals surface area contributed by atoms with Gasteiger partial charge in [0.15, 0.2) is 0 Å². The smallest absolute Gasteiger partial charge is 0.251 e. The van der Waals surface area contributed by atoms with Crippen LogP contribution in [0.1, 0.15) is 22.3 Å². The fraction of sp³-hybridized carbons (Fsp3) is 0.250. The van der Waals surface area contributed by atoms with E-state index in [4.69, 9.17) is 4.74 Å². The van der Waals surface area contributed by atoms with E-state index in [1.54, 1.807) is 13.2 Å². The highest BCUT2D eigenvalue weighted by atomic mass is 16.5. The number of aryl methyl sites for hydroxylation is 2. The molecule has 0 aliphatic carbocycles. The minimum Gasteiger partial charge on any atom is -0.481 e. The second-order valence-corrected chi connectivity index (χ2v) is 6.03. The first-order chi connectivity index (χ1) is 12.7. The summed E-state index contributed by atoms with van der Waals surface area (Å²) in [6.45, 7) is 3.40. The fourth-order valence-electron chi connectivity index (χ4n) is 2.62. The van der Waals surface area contributed by atoms with Crippen LogP contribution in [0.15, 0.2) is 54.9 Å². The Balaban J connectivity index is 1.53. The van der Waals surface area contributed by atoms with Crippen molar-refractivity contribution in [1.29, 1.82) is 0 Å². The summed E-state index contributed by atoms with van der Waals surface area (Å²) in [4.78, 5) is 16.6. The van der Waals surface area contributed by atoms with Crippen LogP contribution in [-0.4, -0.2) is 34.3 Å². The number of nitrogens with zero attached hydrogens (tertiary/aromatic N) is 3. The van der Waals surface area contributed by atoms with Crippen LogP contribution in [0.5, 0.6) is 5.88 Å². The number of hydrogen-bond acceptors (Lipinski definition) is 4. The summed E-state index contributed by atoms with van der Waals surface area (Å²) in [6, 6.07) is 13.0. The molecule has 0 aliphatic rings. The van der Waals surface area contributed by atoms with E-state index in [0.29, 0.717) is 18.0 Å². The number of rotatable bonds is 7. The summed E-state index contributed by atoms with van der Waals surface area (Å²) in [5.74, 6) is 0.489. The molecular formula is C20H22N4O2. The van der Waals surface area contributed by atoms with Crippen LogP contribution in [0.3, 0.4) is 0 Å². The first-order valence-electron chi connectivity index (χ1n) is 8.54. The molecule has 0 atom stereocenters. The number of nitrogens with one attached hydrogen (secondary N) is 1. The lowest BCUT2D eigenvalue weighted by atomic mass is 10.1. The Morgan fingerprint density at radius 1 is 1.19 bits per heavy atom. The quantitative estimate of drug-likeness (QED) is 0.665. The standard InChI is InChI=1S/C20H22N4O2/c1-15-13-22-24(14-15)12-4-11-21-20(25)17-9-7-16(8-10-17)18-5-3-6-19(23-18)26-2/h3,5-10,13-14H,4,11-12H2,1-2H3,(H,21,25). The molecule has 1 aromatic carbocycles. The zero-order chi connectivity index (χ0) is 18.4. The highest BCUT2D eigenvalue weighted by Crippen LogP contribution is 2.20. The maximum absolute atomic E-state index is 12.2. The van der Waals surface area contributed by atoms with Crippen molar-refractivity contribution < 1.29 is 9.53 Å². The summed E-state index contributed by atoms with van der Waals surface area (Å²) in [5.41, 5.74) is 3.52. The minimum atomic E-state index is -0.0770. The summed E-state index contributed by atoms with van der Waals surface area (Å²) < 4.78 is 7.03. The second-order valence-electron chi connectivity index (χ2n) is 6.03. The summed E-state index contributed by atoms with van der Waals surface area (Å²) in [7, 11) is 1.59. The first-order valence-corrected chi connectivity index (χ1v) is 8.54. The molecule has 0 spiro atoms. The van der Waals surface area contributed by atoms with Gasteiger partial charge in [0.1, 0.15) is 0 Å². The van der Waals surface area contributed by atoms with Crippen molar-refractivity contribution in [3.05, 3.63) is 66.0 Å². The van der Waals surface area contributed by atoms with Crippen LogP contribution < -0.4 is 10.1 Å². The molecule has 0 fully saturated rings. The second kappa shape index (κ2) is 8.29. The maximum Gasteiger partial charge on any atom is 0.251 e. The number of pyridine rings is 1. The Labute approximate surface area is 152 Å². The zero-order valence-corrected chi connectivity index (χ0v) is 15.0. The highest BCUT2D eigenvalue weighted by Gasteiger charge is 2.07. The van der Waals surface area contributed by atoms with Gasteiger partial charge in [-0.1, -0.05) is 18.2 Å². The minimum absolute atomic E-state index is 0.0770. The molecule has 0 unspecified atom stereocenters. The van der Waals surface area contributed by atoms with Gasteiger partial charge in [-0.3, -0.25) is 9.48 Å². The average molecular weight is 350 g/mol. The van der Waals surface area contributed by atoms with E-state index >= 15 is 0 Å². The number of benzene rings is 1. The number of carbonyl (C=O) groups is 1. The van der Waals surface area contributed by atoms with Gasteiger partial charge in [-0.15, -0.1) is 0 Å². The number of ether oxygens (including phenoxy) is 1. The van der Waals surface area contributed by atoms with Crippen LogP contribution >= 0.6 is 0 Å². The van der Waals surface area contributed by atoms with Gasteiger partial charge in [0.25, 0.3) is 5.91 Å².